The maximum Gasteiger partial charge on any atom is 0.140 e. The minimum Gasteiger partial charge on any atom is -0.306 e. The Morgan fingerprint density at radius 3 is 2.55 bits per heavy atom. The SMILES string of the molecule is CN1CCC(Cc2cccc(CC(=O)C3CC3)c2)CC1. The van der Waals surface area contributed by atoms with Gasteiger partial charge in [0.15, 0.2) is 0 Å². The van der Waals surface area contributed by atoms with Crippen LogP contribution in [0.3, 0.4) is 0 Å². The van der Waals surface area contributed by atoms with E-state index in [0.29, 0.717) is 18.1 Å². The Bertz CT molecular complexity index is 470. The summed E-state index contributed by atoms with van der Waals surface area (Å²) in [6, 6.07) is 8.72. The van der Waals surface area contributed by atoms with Crippen LogP contribution in [0.5, 0.6) is 0 Å². The molecule has 0 spiro atoms. The van der Waals surface area contributed by atoms with Gasteiger partial charge in [0, 0.05) is 12.3 Å². The Hall–Kier alpha value is -1.15. The van der Waals surface area contributed by atoms with Gasteiger partial charge in [-0.1, -0.05) is 24.3 Å². The van der Waals surface area contributed by atoms with E-state index in [4.69, 9.17) is 0 Å². The van der Waals surface area contributed by atoms with E-state index in [1.165, 1.54) is 43.5 Å². The average molecular weight is 271 g/mol. The molecule has 0 amide bonds. The smallest absolute Gasteiger partial charge is 0.140 e. The molecule has 1 aliphatic carbocycles. The molecule has 0 aromatic heterocycles. The third kappa shape index (κ3) is 3.69. The van der Waals surface area contributed by atoms with Gasteiger partial charge in [-0.25, -0.2) is 0 Å². The number of rotatable bonds is 5. The number of hydrogen-bond donors (Lipinski definition) is 0. The van der Waals surface area contributed by atoms with Crippen LogP contribution in [0.2, 0.25) is 0 Å². The Balaban J connectivity index is 1.57. The molecule has 0 N–H and O–H groups in total. The number of Topliss-reactive ketones (excluding diaryl/α,β-unsaturated/α-hetero) is 1. The lowest BCUT2D eigenvalue weighted by Gasteiger charge is -2.29. The van der Waals surface area contributed by atoms with Crippen molar-refractivity contribution in [3.8, 4) is 0 Å². The topological polar surface area (TPSA) is 20.3 Å². The zero-order valence-corrected chi connectivity index (χ0v) is 12.5. The number of ketones is 1. The zero-order chi connectivity index (χ0) is 13.9. The van der Waals surface area contributed by atoms with E-state index < -0.39 is 0 Å². The highest BCUT2D eigenvalue weighted by atomic mass is 16.1. The molecule has 0 atom stereocenters. The minimum absolute atomic E-state index is 0.382. The van der Waals surface area contributed by atoms with Gasteiger partial charge in [-0.15, -0.1) is 0 Å². The second-order valence-corrected chi connectivity index (χ2v) is 6.69. The van der Waals surface area contributed by atoms with Crippen molar-refractivity contribution in [1.82, 2.24) is 4.90 Å². The number of piperidine rings is 1. The van der Waals surface area contributed by atoms with Gasteiger partial charge in [0.25, 0.3) is 0 Å². The van der Waals surface area contributed by atoms with Crippen molar-refractivity contribution >= 4 is 5.78 Å². The number of nitrogens with zero attached hydrogens (tertiary/aromatic N) is 1. The van der Waals surface area contributed by atoms with Gasteiger partial charge in [0.05, 0.1) is 0 Å². The molecular weight excluding hydrogens is 246 g/mol. The summed E-state index contributed by atoms with van der Waals surface area (Å²) in [7, 11) is 2.21. The van der Waals surface area contributed by atoms with Crippen molar-refractivity contribution in [1.29, 1.82) is 0 Å². The lowest BCUT2D eigenvalue weighted by atomic mass is 9.89. The van der Waals surface area contributed by atoms with Crippen LogP contribution in [-0.4, -0.2) is 30.8 Å². The third-order valence-corrected chi connectivity index (χ3v) is 4.76. The highest BCUT2D eigenvalue weighted by Crippen LogP contribution is 2.31. The quantitative estimate of drug-likeness (QED) is 0.820. The van der Waals surface area contributed by atoms with Gasteiger partial charge in [0.2, 0.25) is 0 Å². The number of carbonyl (C=O) groups is 1. The van der Waals surface area contributed by atoms with E-state index in [2.05, 4.69) is 36.2 Å². The number of hydrogen-bond acceptors (Lipinski definition) is 2. The van der Waals surface area contributed by atoms with Crippen molar-refractivity contribution in [2.45, 2.75) is 38.5 Å². The molecular formula is C18H25NO. The lowest BCUT2D eigenvalue weighted by Crippen LogP contribution is -2.30. The molecule has 2 nitrogen and oxygen atoms in total. The van der Waals surface area contributed by atoms with Gasteiger partial charge >= 0.3 is 0 Å². The van der Waals surface area contributed by atoms with Crippen molar-refractivity contribution in [2.75, 3.05) is 20.1 Å². The lowest BCUT2D eigenvalue weighted by molar-refractivity contribution is -0.119. The van der Waals surface area contributed by atoms with Gasteiger partial charge < -0.3 is 4.90 Å². The normalized spacial score (nSPS) is 21.1. The highest BCUT2D eigenvalue weighted by Gasteiger charge is 2.29. The fraction of sp³-hybridized carbons (Fsp3) is 0.611. The first-order valence-corrected chi connectivity index (χ1v) is 8.00. The monoisotopic (exact) mass is 271 g/mol. The summed E-state index contributed by atoms with van der Waals surface area (Å²) in [5, 5.41) is 0. The molecule has 2 aliphatic rings. The first-order valence-electron chi connectivity index (χ1n) is 8.00. The van der Waals surface area contributed by atoms with E-state index in [1.54, 1.807) is 0 Å². The maximum absolute atomic E-state index is 11.9. The minimum atomic E-state index is 0.382. The predicted molar refractivity (Wildman–Crippen MR) is 81.8 cm³/mol. The molecule has 0 radical (unpaired) electrons. The van der Waals surface area contributed by atoms with Gasteiger partial charge in [-0.3, -0.25) is 4.79 Å². The molecule has 2 heteroatoms. The molecule has 1 heterocycles. The summed E-state index contributed by atoms with van der Waals surface area (Å²) in [4.78, 5) is 14.3. The molecule has 2 fully saturated rings. The van der Waals surface area contributed by atoms with E-state index >= 15 is 0 Å². The summed E-state index contributed by atoms with van der Waals surface area (Å²) < 4.78 is 0. The predicted octanol–water partition coefficient (Wildman–Crippen LogP) is 3.09. The summed E-state index contributed by atoms with van der Waals surface area (Å²) in [6.45, 7) is 2.45. The fourth-order valence-corrected chi connectivity index (χ4v) is 3.22. The Kier molecular flexibility index (Phi) is 4.21. The number of likely N-dealkylation sites (tertiary alicyclic amines) is 1. The van der Waals surface area contributed by atoms with Crippen molar-refractivity contribution in [2.24, 2.45) is 11.8 Å². The van der Waals surface area contributed by atoms with E-state index in [1.807, 2.05) is 0 Å². The van der Waals surface area contributed by atoms with Crippen molar-refractivity contribution in [3.05, 3.63) is 35.4 Å². The Labute approximate surface area is 122 Å². The van der Waals surface area contributed by atoms with E-state index in [-0.39, 0.29) is 0 Å². The molecule has 108 valence electrons. The molecule has 1 saturated heterocycles. The molecule has 1 saturated carbocycles. The molecule has 1 aromatic rings. The second kappa shape index (κ2) is 6.09. The van der Waals surface area contributed by atoms with Crippen LogP contribution in [-0.2, 0) is 17.6 Å². The molecule has 0 unspecified atom stereocenters. The van der Waals surface area contributed by atoms with Crippen LogP contribution in [0.4, 0.5) is 0 Å². The molecule has 1 aromatic carbocycles. The largest absolute Gasteiger partial charge is 0.306 e. The maximum atomic E-state index is 11.9. The van der Waals surface area contributed by atoms with Gasteiger partial charge in [-0.05, 0) is 69.3 Å². The van der Waals surface area contributed by atoms with Crippen molar-refractivity contribution in [3.63, 3.8) is 0 Å². The molecule has 0 bridgehead atoms. The van der Waals surface area contributed by atoms with Crippen LogP contribution >= 0.6 is 0 Å². The molecule has 20 heavy (non-hydrogen) atoms. The number of benzene rings is 1. The van der Waals surface area contributed by atoms with Gasteiger partial charge in [0.1, 0.15) is 5.78 Å². The summed E-state index contributed by atoms with van der Waals surface area (Å²) in [6.07, 6.45) is 6.68. The first-order chi connectivity index (χ1) is 9.70. The van der Waals surface area contributed by atoms with Crippen LogP contribution in [0.15, 0.2) is 24.3 Å². The summed E-state index contributed by atoms with van der Waals surface area (Å²) in [5.41, 5.74) is 2.63. The van der Waals surface area contributed by atoms with E-state index in [9.17, 15) is 4.79 Å². The second-order valence-electron chi connectivity index (χ2n) is 6.69. The first kappa shape index (κ1) is 13.8. The summed E-state index contributed by atoms with van der Waals surface area (Å²) in [5.74, 6) is 1.65. The average Bonchev–Trinajstić information content (AvgIpc) is 3.26. The van der Waals surface area contributed by atoms with Crippen LogP contribution in [0, 0.1) is 11.8 Å². The van der Waals surface area contributed by atoms with Crippen molar-refractivity contribution < 1.29 is 4.79 Å². The fourth-order valence-electron chi connectivity index (χ4n) is 3.22. The summed E-state index contributed by atoms with van der Waals surface area (Å²) >= 11 is 0. The van der Waals surface area contributed by atoms with Crippen LogP contribution in [0.1, 0.15) is 36.8 Å². The number of carbonyl (C=O) groups excluding carboxylic acids is 1. The highest BCUT2D eigenvalue weighted by molar-refractivity contribution is 5.85. The Morgan fingerprint density at radius 1 is 1.15 bits per heavy atom. The van der Waals surface area contributed by atoms with E-state index in [0.717, 1.165) is 18.8 Å². The molecule has 3 rings (SSSR count). The van der Waals surface area contributed by atoms with Crippen LogP contribution in [0.25, 0.3) is 0 Å². The third-order valence-electron chi connectivity index (χ3n) is 4.76. The molecule has 1 aliphatic heterocycles. The van der Waals surface area contributed by atoms with Crippen LogP contribution < -0.4 is 0 Å². The standard InChI is InChI=1S/C18H25NO/c1-19-9-7-14(8-10-19)11-15-3-2-4-16(12-15)13-18(20)17-5-6-17/h2-4,12,14,17H,5-11,13H2,1H3. The zero-order valence-electron chi connectivity index (χ0n) is 12.5. The van der Waals surface area contributed by atoms with Gasteiger partial charge in [-0.2, -0.15) is 0 Å². The Morgan fingerprint density at radius 2 is 1.85 bits per heavy atom.